The van der Waals surface area contributed by atoms with Crippen molar-refractivity contribution in [3.05, 3.63) is 0 Å². The van der Waals surface area contributed by atoms with E-state index >= 15 is 0 Å². The van der Waals surface area contributed by atoms with Gasteiger partial charge in [0, 0.05) is 17.9 Å². The van der Waals surface area contributed by atoms with E-state index in [9.17, 15) is 30.6 Å². The number of aliphatic hydroxyl groups excluding tert-OH is 5. The average molecular weight is 623 g/mol. The van der Waals surface area contributed by atoms with E-state index in [-0.39, 0.29) is 53.0 Å². The summed E-state index contributed by atoms with van der Waals surface area (Å²) in [4.78, 5) is 0. The summed E-state index contributed by atoms with van der Waals surface area (Å²) in [6.07, 6.45) is 3.69. The summed E-state index contributed by atoms with van der Waals surface area (Å²) < 4.78 is 18.8. The fourth-order valence-electron chi connectivity index (χ4n) is 13.5. The molecule has 2 heterocycles. The van der Waals surface area contributed by atoms with E-state index in [1.165, 1.54) is 6.42 Å². The Labute approximate surface area is 262 Å². The van der Waals surface area contributed by atoms with Gasteiger partial charge in [0.25, 0.3) is 0 Å². The first kappa shape index (κ1) is 32.2. The van der Waals surface area contributed by atoms with Gasteiger partial charge in [0.15, 0.2) is 6.29 Å². The molecule has 15 atom stereocenters. The Balaban J connectivity index is 1.15. The molecule has 0 radical (unpaired) electrons. The first-order valence-corrected chi connectivity index (χ1v) is 17.4. The third kappa shape index (κ3) is 3.97. The van der Waals surface area contributed by atoms with Crippen molar-refractivity contribution in [1.29, 1.82) is 0 Å². The summed E-state index contributed by atoms with van der Waals surface area (Å²) in [7, 11) is 0. The van der Waals surface area contributed by atoms with E-state index in [0.29, 0.717) is 18.3 Å². The van der Waals surface area contributed by atoms with Gasteiger partial charge >= 0.3 is 0 Å². The van der Waals surface area contributed by atoms with Gasteiger partial charge < -0.3 is 44.8 Å². The number of hydrogen-bond donors (Lipinski definition) is 6. The molecule has 7 rings (SSSR count). The molecule has 0 bridgehead atoms. The summed E-state index contributed by atoms with van der Waals surface area (Å²) in [6.45, 7) is 12.7. The van der Waals surface area contributed by atoms with Gasteiger partial charge in [-0.15, -0.1) is 0 Å². The van der Waals surface area contributed by atoms with Crippen LogP contribution in [0.15, 0.2) is 0 Å². The van der Waals surface area contributed by atoms with Crippen LogP contribution in [0, 0.1) is 44.8 Å². The van der Waals surface area contributed by atoms with Gasteiger partial charge in [-0.1, -0.05) is 20.8 Å². The highest BCUT2D eigenvalue weighted by Crippen LogP contribution is 2.89. The fourth-order valence-corrected chi connectivity index (χ4v) is 13.5. The lowest BCUT2D eigenvalue weighted by molar-refractivity contribution is -0.303. The number of aliphatic hydroxyl groups is 6. The molecular weight excluding hydrogens is 564 g/mol. The predicted molar refractivity (Wildman–Crippen MR) is 161 cm³/mol. The minimum Gasteiger partial charge on any atom is -0.396 e. The Morgan fingerprint density at radius 1 is 0.818 bits per heavy atom. The second-order valence-corrected chi connectivity index (χ2v) is 18.0. The molecule has 0 aromatic heterocycles. The summed E-state index contributed by atoms with van der Waals surface area (Å²) in [5.41, 5.74) is -1.98. The molecule has 9 heteroatoms. The van der Waals surface area contributed by atoms with E-state index in [4.69, 9.17) is 14.2 Å². The molecule has 10 unspecified atom stereocenters. The molecule has 5 aliphatic carbocycles. The molecule has 2 aliphatic heterocycles. The minimum atomic E-state index is -1.29. The van der Waals surface area contributed by atoms with Crippen molar-refractivity contribution in [2.75, 3.05) is 13.2 Å². The van der Waals surface area contributed by atoms with Crippen LogP contribution in [0.1, 0.15) is 106 Å². The van der Waals surface area contributed by atoms with Crippen LogP contribution in [0.2, 0.25) is 0 Å². The van der Waals surface area contributed by atoms with Crippen molar-refractivity contribution in [3.63, 3.8) is 0 Å². The number of hydrogen-bond acceptors (Lipinski definition) is 9. The Morgan fingerprint density at radius 2 is 1.50 bits per heavy atom. The molecule has 7 aliphatic rings. The molecule has 6 N–H and O–H groups in total. The SMILES string of the molecule is CC(C)(O)C1CC[C@@](C)(C2C(O)C[C@@]3(C)C4CCC5C(C)(C)C(OC6OCC(O)C(O)C6O)CC[C@@]56C[C@@]46CC[C@]23CO)O1. The summed E-state index contributed by atoms with van der Waals surface area (Å²) >= 11 is 0. The Morgan fingerprint density at radius 3 is 2.16 bits per heavy atom. The Hall–Kier alpha value is -0.360. The van der Waals surface area contributed by atoms with Crippen molar-refractivity contribution >= 4 is 0 Å². The lowest BCUT2D eigenvalue weighted by atomic mass is 9.41. The third-order valence-corrected chi connectivity index (χ3v) is 15.5. The zero-order valence-electron chi connectivity index (χ0n) is 27.7. The molecule has 252 valence electrons. The van der Waals surface area contributed by atoms with Crippen LogP contribution in [0.3, 0.4) is 0 Å². The summed E-state index contributed by atoms with van der Waals surface area (Å²) in [6, 6.07) is 0. The molecule has 0 aromatic rings. The predicted octanol–water partition coefficient (Wildman–Crippen LogP) is 2.90. The lowest BCUT2D eigenvalue weighted by Crippen LogP contribution is -2.62. The Bertz CT molecular complexity index is 1140. The zero-order chi connectivity index (χ0) is 31.9. The van der Waals surface area contributed by atoms with Crippen LogP contribution in [-0.4, -0.2) is 98.0 Å². The normalized spacial score (nSPS) is 58.1. The van der Waals surface area contributed by atoms with Crippen LogP contribution >= 0.6 is 0 Å². The maximum Gasteiger partial charge on any atom is 0.186 e. The fraction of sp³-hybridized carbons (Fsp3) is 1.00. The van der Waals surface area contributed by atoms with E-state index in [0.717, 1.165) is 51.4 Å². The molecule has 2 saturated heterocycles. The average Bonchev–Trinajstić information content (AvgIpc) is 3.30. The number of fused-ring (bicyclic) bond motifs is 2. The van der Waals surface area contributed by atoms with E-state index in [2.05, 4.69) is 27.7 Å². The van der Waals surface area contributed by atoms with Gasteiger partial charge in [-0.3, -0.25) is 0 Å². The summed E-state index contributed by atoms with van der Waals surface area (Å²) in [5, 5.41) is 64.8. The van der Waals surface area contributed by atoms with Gasteiger partial charge in [0.05, 0.1) is 36.1 Å². The van der Waals surface area contributed by atoms with Crippen molar-refractivity contribution in [3.8, 4) is 0 Å². The lowest BCUT2D eigenvalue weighted by Gasteiger charge is -2.64. The molecule has 2 spiro atoms. The number of rotatable bonds is 5. The largest absolute Gasteiger partial charge is 0.396 e. The summed E-state index contributed by atoms with van der Waals surface area (Å²) in [5.74, 6) is 0.672. The van der Waals surface area contributed by atoms with Crippen molar-refractivity contribution in [2.24, 2.45) is 44.8 Å². The second-order valence-electron chi connectivity index (χ2n) is 18.0. The molecule has 44 heavy (non-hydrogen) atoms. The smallest absolute Gasteiger partial charge is 0.186 e. The maximum absolute atomic E-state index is 11.9. The molecule has 9 nitrogen and oxygen atoms in total. The highest BCUT2D eigenvalue weighted by atomic mass is 16.7. The van der Waals surface area contributed by atoms with Gasteiger partial charge in [0.2, 0.25) is 0 Å². The third-order valence-electron chi connectivity index (χ3n) is 15.5. The van der Waals surface area contributed by atoms with Crippen LogP contribution in [0.4, 0.5) is 0 Å². The van der Waals surface area contributed by atoms with Crippen molar-refractivity contribution in [2.45, 2.75) is 160 Å². The molecule has 5 saturated carbocycles. The standard InChI is InChI=1S/C35H58O9/c1-29(2)21-7-8-22-31(5)15-19(37)27(32(6)11-9-24(44-32)30(3,4)41)35(31,18-36)14-13-34(22)17-33(21,34)12-10-23(29)43-28-26(40)25(39)20(38)16-42-28/h19-28,36-41H,7-18H2,1-6H3/t19?,20?,21?,22?,23?,24?,25?,26?,27?,28?,31-,32-,33+,34-,35-/m0/s1. The molecular formula is C35H58O9. The second kappa shape index (κ2) is 9.85. The van der Waals surface area contributed by atoms with Crippen LogP contribution in [-0.2, 0) is 14.2 Å². The monoisotopic (exact) mass is 622 g/mol. The molecule has 0 aromatic carbocycles. The quantitative estimate of drug-likeness (QED) is 0.255. The highest BCUT2D eigenvalue weighted by Gasteiger charge is 2.84. The van der Waals surface area contributed by atoms with Crippen LogP contribution < -0.4 is 0 Å². The van der Waals surface area contributed by atoms with Crippen LogP contribution in [0.5, 0.6) is 0 Å². The zero-order valence-corrected chi connectivity index (χ0v) is 27.7. The first-order chi connectivity index (χ1) is 20.4. The van der Waals surface area contributed by atoms with E-state index in [1.807, 2.05) is 0 Å². The van der Waals surface area contributed by atoms with Gasteiger partial charge in [0.1, 0.15) is 18.3 Å². The van der Waals surface area contributed by atoms with Gasteiger partial charge in [-0.05, 0) is 118 Å². The molecule has 0 amide bonds. The highest BCUT2D eigenvalue weighted by molar-refractivity contribution is 5.32. The van der Waals surface area contributed by atoms with Crippen molar-refractivity contribution < 1.29 is 44.8 Å². The Kier molecular flexibility index (Phi) is 7.21. The van der Waals surface area contributed by atoms with E-state index in [1.54, 1.807) is 13.8 Å². The van der Waals surface area contributed by atoms with E-state index < -0.39 is 47.3 Å². The molecule has 7 fully saturated rings. The van der Waals surface area contributed by atoms with Gasteiger partial charge in [-0.2, -0.15) is 0 Å². The van der Waals surface area contributed by atoms with Crippen LogP contribution in [0.25, 0.3) is 0 Å². The minimum absolute atomic E-state index is 0.0477. The van der Waals surface area contributed by atoms with Gasteiger partial charge in [-0.25, -0.2) is 0 Å². The topological polar surface area (TPSA) is 149 Å². The first-order valence-electron chi connectivity index (χ1n) is 17.4. The number of ether oxygens (including phenoxy) is 3. The maximum atomic E-state index is 11.9. The van der Waals surface area contributed by atoms with Crippen molar-refractivity contribution in [1.82, 2.24) is 0 Å².